The molecule has 19 heavy (non-hydrogen) atoms. The second-order valence-electron chi connectivity index (χ2n) is 5.13. The quantitative estimate of drug-likeness (QED) is 0.933. The summed E-state index contributed by atoms with van der Waals surface area (Å²) in [6, 6.07) is 9.11. The maximum absolute atomic E-state index is 5.95. The van der Waals surface area contributed by atoms with Crippen LogP contribution in [-0.4, -0.2) is 22.5 Å². The molecule has 0 fully saturated rings. The molecule has 100 valence electrons. The number of fused-ring (bicyclic) bond motifs is 1. The number of hydrogen-bond donors (Lipinski definition) is 1. The van der Waals surface area contributed by atoms with Gasteiger partial charge < -0.3 is 5.73 Å². The molecule has 4 heteroatoms. The maximum Gasteiger partial charge on any atom is 0.0897 e. The van der Waals surface area contributed by atoms with Gasteiger partial charge in [0.1, 0.15) is 0 Å². The molecule has 0 spiro atoms. The van der Waals surface area contributed by atoms with Crippen molar-refractivity contribution in [2.75, 3.05) is 6.54 Å². The van der Waals surface area contributed by atoms with Gasteiger partial charge in [0.25, 0.3) is 0 Å². The largest absolute Gasteiger partial charge is 0.329 e. The maximum atomic E-state index is 5.95. The summed E-state index contributed by atoms with van der Waals surface area (Å²) in [5.74, 6) is 0. The smallest absolute Gasteiger partial charge is 0.0897 e. The van der Waals surface area contributed by atoms with Crippen molar-refractivity contribution in [3.63, 3.8) is 0 Å². The van der Waals surface area contributed by atoms with Gasteiger partial charge in [-0.2, -0.15) is 0 Å². The highest BCUT2D eigenvalue weighted by atomic mass is 32.1. The van der Waals surface area contributed by atoms with Crippen LogP contribution in [0.1, 0.15) is 21.8 Å². The lowest BCUT2D eigenvalue weighted by Gasteiger charge is -2.35. The minimum Gasteiger partial charge on any atom is -0.329 e. The van der Waals surface area contributed by atoms with Gasteiger partial charge in [-0.15, -0.1) is 11.3 Å². The standard InChI is InChI=1S/C15H19N3S/c1-11-17-14(10-19-11)9-18-8-13-5-3-2-4-12(13)6-15(18)7-16/h2-5,10,15H,6-9,16H2,1H3. The zero-order valence-corrected chi connectivity index (χ0v) is 12.0. The molecule has 0 radical (unpaired) electrons. The molecule has 3 nitrogen and oxygen atoms in total. The van der Waals surface area contributed by atoms with E-state index in [1.807, 2.05) is 0 Å². The van der Waals surface area contributed by atoms with E-state index in [9.17, 15) is 0 Å². The van der Waals surface area contributed by atoms with Crippen molar-refractivity contribution < 1.29 is 0 Å². The third-order valence-electron chi connectivity index (χ3n) is 3.77. The fourth-order valence-corrected chi connectivity index (χ4v) is 3.35. The number of aromatic nitrogens is 1. The zero-order chi connectivity index (χ0) is 13.2. The highest BCUT2D eigenvalue weighted by Gasteiger charge is 2.25. The Balaban J connectivity index is 1.81. The number of nitrogens with two attached hydrogens (primary N) is 1. The summed E-state index contributed by atoms with van der Waals surface area (Å²) in [4.78, 5) is 7.02. The Bertz CT molecular complexity index is 564. The monoisotopic (exact) mass is 273 g/mol. The number of nitrogens with zero attached hydrogens (tertiary/aromatic N) is 2. The van der Waals surface area contributed by atoms with Crippen LogP contribution >= 0.6 is 11.3 Å². The Hall–Kier alpha value is -1.23. The van der Waals surface area contributed by atoms with Crippen molar-refractivity contribution in [2.24, 2.45) is 5.73 Å². The number of benzene rings is 1. The van der Waals surface area contributed by atoms with Gasteiger partial charge in [0.2, 0.25) is 0 Å². The summed E-state index contributed by atoms with van der Waals surface area (Å²) < 4.78 is 0. The van der Waals surface area contributed by atoms with Crippen LogP contribution in [0.5, 0.6) is 0 Å². The Morgan fingerprint density at radius 3 is 2.84 bits per heavy atom. The molecular formula is C15H19N3S. The topological polar surface area (TPSA) is 42.2 Å². The van der Waals surface area contributed by atoms with Crippen molar-refractivity contribution in [2.45, 2.75) is 32.5 Å². The Kier molecular flexibility index (Phi) is 3.64. The summed E-state index contributed by atoms with van der Waals surface area (Å²) in [7, 11) is 0. The lowest BCUT2D eigenvalue weighted by Crippen LogP contribution is -2.44. The molecule has 1 unspecified atom stereocenters. The summed E-state index contributed by atoms with van der Waals surface area (Å²) >= 11 is 1.72. The van der Waals surface area contributed by atoms with Crippen LogP contribution in [0.25, 0.3) is 0 Å². The molecule has 2 heterocycles. The average Bonchev–Trinajstić information content (AvgIpc) is 2.83. The predicted molar refractivity (Wildman–Crippen MR) is 79.1 cm³/mol. The molecule has 0 aliphatic carbocycles. The molecule has 3 rings (SSSR count). The molecule has 0 bridgehead atoms. The van der Waals surface area contributed by atoms with Crippen molar-refractivity contribution in [3.8, 4) is 0 Å². The molecule has 0 saturated carbocycles. The zero-order valence-electron chi connectivity index (χ0n) is 11.2. The van der Waals surface area contributed by atoms with Gasteiger partial charge >= 0.3 is 0 Å². The summed E-state index contributed by atoms with van der Waals surface area (Å²) in [5.41, 5.74) is 9.99. The third-order valence-corrected chi connectivity index (χ3v) is 4.59. The molecule has 1 aliphatic heterocycles. The predicted octanol–water partition coefficient (Wildman–Crippen LogP) is 2.34. The first kappa shape index (κ1) is 12.8. The van der Waals surface area contributed by atoms with Crippen molar-refractivity contribution in [3.05, 3.63) is 51.5 Å². The number of thiazole rings is 1. The van der Waals surface area contributed by atoms with Crippen LogP contribution in [0.4, 0.5) is 0 Å². The first-order chi connectivity index (χ1) is 9.26. The minimum absolute atomic E-state index is 0.428. The van der Waals surface area contributed by atoms with E-state index in [0.717, 1.165) is 24.5 Å². The molecular weight excluding hydrogens is 254 g/mol. The van der Waals surface area contributed by atoms with Crippen LogP contribution in [0, 0.1) is 6.92 Å². The first-order valence-electron chi connectivity index (χ1n) is 6.68. The molecule has 0 amide bonds. The van der Waals surface area contributed by atoms with E-state index >= 15 is 0 Å². The fraction of sp³-hybridized carbons (Fsp3) is 0.400. The van der Waals surface area contributed by atoms with Crippen LogP contribution in [0.2, 0.25) is 0 Å². The molecule has 2 aromatic rings. The second kappa shape index (κ2) is 5.41. The van der Waals surface area contributed by atoms with Gasteiger partial charge in [-0.3, -0.25) is 4.90 Å². The van der Waals surface area contributed by atoms with Crippen LogP contribution in [0.3, 0.4) is 0 Å². The second-order valence-corrected chi connectivity index (χ2v) is 6.19. The Morgan fingerprint density at radius 1 is 1.37 bits per heavy atom. The molecule has 1 aromatic carbocycles. The lowest BCUT2D eigenvalue weighted by molar-refractivity contribution is 0.165. The van der Waals surface area contributed by atoms with Crippen LogP contribution in [0.15, 0.2) is 29.6 Å². The van der Waals surface area contributed by atoms with Gasteiger partial charge in [-0.25, -0.2) is 4.98 Å². The van der Waals surface area contributed by atoms with E-state index in [0.29, 0.717) is 12.6 Å². The number of hydrogen-bond acceptors (Lipinski definition) is 4. The first-order valence-corrected chi connectivity index (χ1v) is 7.56. The average molecular weight is 273 g/mol. The molecule has 0 saturated heterocycles. The van der Waals surface area contributed by atoms with E-state index in [4.69, 9.17) is 5.73 Å². The number of aryl methyl sites for hydroxylation is 1. The highest BCUT2D eigenvalue weighted by molar-refractivity contribution is 7.09. The van der Waals surface area contributed by atoms with E-state index in [-0.39, 0.29) is 0 Å². The van der Waals surface area contributed by atoms with Crippen LogP contribution < -0.4 is 5.73 Å². The lowest BCUT2D eigenvalue weighted by atomic mass is 9.94. The van der Waals surface area contributed by atoms with Crippen LogP contribution in [-0.2, 0) is 19.5 Å². The van der Waals surface area contributed by atoms with Gasteiger partial charge in [-0.1, -0.05) is 24.3 Å². The van der Waals surface area contributed by atoms with Gasteiger partial charge in [-0.05, 0) is 24.5 Å². The van der Waals surface area contributed by atoms with E-state index in [1.165, 1.54) is 16.8 Å². The Labute approximate surface area is 118 Å². The van der Waals surface area contributed by atoms with Gasteiger partial charge in [0.05, 0.1) is 10.7 Å². The minimum atomic E-state index is 0.428. The fourth-order valence-electron chi connectivity index (χ4n) is 2.75. The number of rotatable bonds is 3. The van der Waals surface area contributed by atoms with Gasteiger partial charge in [0.15, 0.2) is 0 Å². The summed E-state index contributed by atoms with van der Waals surface area (Å²) in [6.45, 7) is 4.65. The van der Waals surface area contributed by atoms with E-state index in [1.54, 1.807) is 11.3 Å². The SMILES string of the molecule is Cc1nc(CN2Cc3ccccc3CC2CN)cs1. The Morgan fingerprint density at radius 2 is 2.16 bits per heavy atom. The normalized spacial score (nSPS) is 19.4. The van der Waals surface area contributed by atoms with Gasteiger partial charge in [0, 0.05) is 31.1 Å². The van der Waals surface area contributed by atoms with Crippen molar-refractivity contribution in [1.29, 1.82) is 0 Å². The summed E-state index contributed by atoms with van der Waals surface area (Å²) in [5, 5.41) is 3.29. The van der Waals surface area contributed by atoms with Crippen molar-refractivity contribution >= 4 is 11.3 Å². The summed E-state index contributed by atoms with van der Waals surface area (Å²) in [6.07, 6.45) is 1.05. The van der Waals surface area contributed by atoms with E-state index in [2.05, 4.69) is 46.5 Å². The highest BCUT2D eigenvalue weighted by Crippen LogP contribution is 2.24. The molecule has 1 aliphatic rings. The third kappa shape index (κ3) is 2.71. The molecule has 2 N–H and O–H groups in total. The van der Waals surface area contributed by atoms with E-state index < -0.39 is 0 Å². The molecule has 1 aromatic heterocycles. The molecule has 1 atom stereocenters. The van der Waals surface area contributed by atoms with Crippen molar-refractivity contribution in [1.82, 2.24) is 9.88 Å².